The first-order valence-corrected chi connectivity index (χ1v) is 16.1. The molecule has 2 saturated heterocycles. The van der Waals surface area contributed by atoms with E-state index in [1.807, 2.05) is 72.8 Å². The zero-order valence-corrected chi connectivity index (χ0v) is 26.7. The van der Waals surface area contributed by atoms with E-state index < -0.39 is 18.3 Å². The Morgan fingerprint density at radius 2 is 1.74 bits per heavy atom. The second-order valence-electron chi connectivity index (χ2n) is 11.7. The molecule has 0 unspecified atom stereocenters. The summed E-state index contributed by atoms with van der Waals surface area (Å²) in [6, 6.07) is 24.0. The van der Waals surface area contributed by atoms with Crippen LogP contribution in [-0.2, 0) is 36.9 Å². The van der Waals surface area contributed by atoms with E-state index in [9.17, 15) is 14.7 Å². The van der Waals surface area contributed by atoms with Crippen molar-refractivity contribution in [2.45, 2.75) is 63.9 Å². The molecule has 0 spiro atoms. The van der Waals surface area contributed by atoms with Gasteiger partial charge in [-0.25, -0.2) is 4.79 Å². The van der Waals surface area contributed by atoms with E-state index in [0.717, 1.165) is 72.3 Å². The third-order valence-electron chi connectivity index (χ3n) is 8.56. The molecule has 5 rings (SSSR count). The highest BCUT2D eigenvalue weighted by molar-refractivity contribution is 5.81. The van der Waals surface area contributed by atoms with Gasteiger partial charge in [-0.1, -0.05) is 72.8 Å². The number of likely N-dealkylation sites (tertiary alicyclic amines) is 1. The van der Waals surface area contributed by atoms with Crippen molar-refractivity contribution in [3.63, 3.8) is 0 Å². The van der Waals surface area contributed by atoms with Gasteiger partial charge in [0.05, 0.1) is 32.0 Å². The predicted octanol–water partition coefficient (Wildman–Crippen LogP) is 4.86. The molecule has 3 N–H and O–H groups in total. The quantitative estimate of drug-likeness (QED) is 0.229. The Hall–Kier alpha value is -3.80. The van der Waals surface area contributed by atoms with Crippen LogP contribution < -0.4 is 10.6 Å². The molecule has 0 saturated carbocycles. The van der Waals surface area contributed by atoms with Gasteiger partial charge in [0.15, 0.2) is 6.29 Å². The fourth-order valence-corrected chi connectivity index (χ4v) is 6.19. The van der Waals surface area contributed by atoms with Crippen molar-refractivity contribution in [1.29, 1.82) is 0 Å². The molecule has 10 nitrogen and oxygen atoms in total. The smallest absolute Gasteiger partial charge is 0.325 e. The van der Waals surface area contributed by atoms with Gasteiger partial charge in [-0.15, -0.1) is 0 Å². The standard InChI is InChI=1S/C36H45N3O7/c1-3-44-34(41)21-38-36(42)37-20-29-7-4-5-9-32(29)26-14-16-28(17-15-26)35-45-31(22-39-18-6-8-30(39)24-43-2)19-33(46-35)27-12-10-25(23-40)11-13-27/h4-5,7,9-17,30-31,33,35,40H,3,6,8,18-24H2,1-2H3,(H2,37,38,42)/t30-,31-,33+,35+/m0/s1. The number of urea groups is 1. The van der Waals surface area contributed by atoms with E-state index >= 15 is 0 Å². The number of rotatable bonds is 13. The van der Waals surface area contributed by atoms with Gasteiger partial charge in [0.1, 0.15) is 6.54 Å². The minimum Gasteiger partial charge on any atom is -0.465 e. The summed E-state index contributed by atoms with van der Waals surface area (Å²) in [6.45, 7) is 4.66. The Morgan fingerprint density at radius 3 is 2.48 bits per heavy atom. The van der Waals surface area contributed by atoms with Crippen LogP contribution in [0.2, 0.25) is 0 Å². The second-order valence-corrected chi connectivity index (χ2v) is 11.7. The molecule has 0 aromatic heterocycles. The van der Waals surface area contributed by atoms with Crippen LogP contribution in [0.4, 0.5) is 4.79 Å². The predicted molar refractivity (Wildman–Crippen MR) is 174 cm³/mol. The Kier molecular flexibility index (Phi) is 12.2. The highest BCUT2D eigenvalue weighted by Gasteiger charge is 2.35. The maximum absolute atomic E-state index is 12.3. The maximum atomic E-state index is 12.3. The molecule has 10 heteroatoms. The van der Waals surface area contributed by atoms with E-state index in [1.54, 1.807) is 14.0 Å². The van der Waals surface area contributed by atoms with Gasteiger partial charge in [-0.3, -0.25) is 9.69 Å². The average Bonchev–Trinajstić information content (AvgIpc) is 3.53. The Bertz CT molecular complexity index is 1420. The van der Waals surface area contributed by atoms with Crippen molar-refractivity contribution in [3.8, 4) is 11.1 Å². The molecule has 246 valence electrons. The second kappa shape index (κ2) is 16.7. The van der Waals surface area contributed by atoms with E-state index in [0.29, 0.717) is 12.6 Å². The van der Waals surface area contributed by atoms with Gasteiger partial charge in [0, 0.05) is 38.2 Å². The van der Waals surface area contributed by atoms with Gasteiger partial charge in [-0.2, -0.15) is 0 Å². The largest absolute Gasteiger partial charge is 0.465 e. The summed E-state index contributed by atoms with van der Waals surface area (Å²) < 4.78 is 23.5. The van der Waals surface area contributed by atoms with Crippen LogP contribution in [0.25, 0.3) is 11.1 Å². The molecular formula is C36H45N3O7. The van der Waals surface area contributed by atoms with Crippen LogP contribution in [0.5, 0.6) is 0 Å². The maximum Gasteiger partial charge on any atom is 0.325 e. The first-order chi connectivity index (χ1) is 22.5. The zero-order valence-electron chi connectivity index (χ0n) is 26.7. The van der Waals surface area contributed by atoms with Crippen LogP contribution in [0.1, 0.15) is 60.8 Å². The fraction of sp³-hybridized carbons (Fsp3) is 0.444. The third-order valence-corrected chi connectivity index (χ3v) is 8.56. The van der Waals surface area contributed by atoms with Crippen LogP contribution in [0.3, 0.4) is 0 Å². The summed E-state index contributed by atoms with van der Waals surface area (Å²) in [4.78, 5) is 26.3. The van der Waals surface area contributed by atoms with Crippen molar-refractivity contribution < 1.29 is 33.6 Å². The van der Waals surface area contributed by atoms with Crippen LogP contribution in [0, 0.1) is 0 Å². The normalized spacial score (nSPS) is 21.5. The monoisotopic (exact) mass is 631 g/mol. The number of nitrogens with zero attached hydrogens (tertiary/aromatic N) is 1. The molecule has 3 aromatic carbocycles. The molecule has 2 aliphatic heterocycles. The molecule has 0 bridgehead atoms. The molecule has 2 fully saturated rings. The lowest BCUT2D eigenvalue weighted by Gasteiger charge is -2.38. The fourth-order valence-electron chi connectivity index (χ4n) is 6.19. The summed E-state index contributed by atoms with van der Waals surface area (Å²) in [7, 11) is 1.76. The molecule has 46 heavy (non-hydrogen) atoms. The summed E-state index contributed by atoms with van der Waals surface area (Å²) in [5.41, 5.74) is 5.78. The third kappa shape index (κ3) is 8.92. The molecule has 2 aliphatic rings. The molecule has 0 aliphatic carbocycles. The lowest BCUT2D eigenvalue weighted by molar-refractivity contribution is -0.253. The van der Waals surface area contributed by atoms with Crippen molar-refractivity contribution in [1.82, 2.24) is 15.5 Å². The number of esters is 1. The summed E-state index contributed by atoms with van der Waals surface area (Å²) >= 11 is 0. The van der Waals surface area contributed by atoms with Gasteiger partial charge in [0.25, 0.3) is 0 Å². The number of aliphatic hydroxyl groups is 1. The van der Waals surface area contributed by atoms with Crippen molar-refractivity contribution in [3.05, 3.63) is 95.1 Å². The number of hydrogen-bond donors (Lipinski definition) is 3. The number of aliphatic hydroxyl groups excluding tert-OH is 1. The topological polar surface area (TPSA) is 119 Å². The number of carbonyl (C=O) groups excluding carboxylic acids is 2. The van der Waals surface area contributed by atoms with Gasteiger partial charge in [0.2, 0.25) is 0 Å². The highest BCUT2D eigenvalue weighted by atomic mass is 16.7. The molecule has 2 heterocycles. The molecule has 4 atom stereocenters. The first kappa shape index (κ1) is 33.6. The van der Waals surface area contributed by atoms with Gasteiger partial charge in [-0.05, 0) is 54.1 Å². The summed E-state index contributed by atoms with van der Waals surface area (Å²) in [5, 5.41) is 14.9. The Morgan fingerprint density at radius 1 is 0.978 bits per heavy atom. The number of carbonyl (C=O) groups is 2. The van der Waals surface area contributed by atoms with Crippen LogP contribution in [-0.4, -0.2) is 74.1 Å². The number of amides is 2. The highest BCUT2D eigenvalue weighted by Crippen LogP contribution is 2.39. The van der Waals surface area contributed by atoms with Gasteiger partial charge >= 0.3 is 12.0 Å². The van der Waals surface area contributed by atoms with Crippen molar-refractivity contribution >= 4 is 12.0 Å². The zero-order chi connectivity index (χ0) is 32.3. The lowest BCUT2D eigenvalue weighted by Crippen LogP contribution is -2.42. The number of methoxy groups -OCH3 is 1. The molecule has 3 aromatic rings. The number of ether oxygens (including phenoxy) is 4. The number of benzene rings is 3. The number of hydrogen-bond acceptors (Lipinski definition) is 8. The van der Waals surface area contributed by atoms with Gasteiger partial charge < -0.3 is 34.7 Å². The average molecular weight is 632 g/mol. The minimum atomic E-state index is -0.543. The molecular weight excluding hydrogens is 586 g/mol. The SMILES string of the molecule is CCOC(=O)CNC(=O)NCc1ccccc1-c1ccc([C@@H]2O[C@H](CN3CCC[C@H]3COC)C[C@H](c3ccc(CO)cc3)O2)cc1. The molecule has 2 amide bonds. The first-order valence-electron chi connectivity index (χ1n) is 16.1. The molecule has 0 radical (unpaired) electrons. The van der Waals surface area contributed by atoms with E-state index in [-0.39, 0.29) is 32.0 Å². The Balaban J connectivity index is 1.29. The summed E-state index contributed by atoms with van der Waals surface area (Å²) in [5.74, 6) is -0.479. The van der Waals surface area contributed by atoms with E-state index in [1.165, 1.54) is 0 Å². The van der Waals surface area contributed by atoms with Crippen molar-refractivity contribution in [2.24, 2.45) is 0 Å². The van der Waals surface area contributed by atoms with E-state index in [2.05, 4.69) is 15.5 Å². The number of nitrogens with one attached hydrogen (secondary N) is 2. The van der Waals surface area contributed by atoms with E-state index in [4.69, 9.17) is 18.9 Å². The van der Waals surface area contributed by atoms with Crippen LogP contribution >= 0.6 is 0 Å². The van der Waals surface area contributed by atoms with Crippen LogP contribution in [0.15, 0.2) is 72.8 Å². The minimum absolute atomic E-state index is 0.00420. The lowest BCUT2D eigenvalue weighted by atomic mass is 9.97. The van der Waals surface area contributed by atoms with Crippen molar-refractivity contribution in [2.75, 3.05) is 40.0 Å². The summed E-state index contributed by atoms with van der Waals surface area (Å²) in [6.07, 6.45) is 2.30. The Labute approximate surface area is 271 Å².